The molecule has 0 unspecified atom stereocenters. The summed E-state index contributed by atoms with van der Waals surface area (Å²) in [5.74, 6) is 0.837. The molecule has 1 fully saturated rings. The van der Waals surface area contributed by atoms with Crippen LogP contribution in [0.25, 0.3) is 0 Å². The zero-order chi connectivity index (χ0) is 22.8. The van der Waals surface area contributed by atoms with E-state index in [0.29, 0.717) is 30.9 Å². The summed E-state index contributed by atoms with van der Waals surface area (Å²) in [6.45, 7) is 4.72. The number of hydrogen-bond donors (Lipinski definition) is 0. The lowest BCUT2D eigenvalue weighted by Gasteiger charge is -2.40. The third-order valence-electron chi connectivity index (χ3n) is 6.80. The summed E-state index contributed by atoms with van der Waals surface area (Å²) in [5.41, 5.74) is 0.630. The maximum absolute atomic E-state index is 13.3. The molecule has 0 bridgehead atoms. The normalized spacial score (nSPS) is 23.4. The van der Waals surface area contributed by atoms with Crippen LogP contribution in [0.2, 0.25) is 0 Å². The highest BCUT2D eigenvalue weighted by Gasteiger charge is 2.35. The molecule has 1 aliphatic heterocycles. The predicted octanol–water partition coefficient (Wildman–Crippen LogP) is 4.67. The Bertz CT molecular complexity index is 738. The third-order valence-corrected chi connectivity index (χ3v) is 6.80. The van der Waals surface area contributed by atoms with Crippen LogP contribution in [0, 0.1) is 0 Å². The van der Waals surface area contributed by atoms with Crippen LogP contribution in [0.1, 0.15) is 81.5 Å². The van der Waals surface area contributed by atoms with E-state index in [2.05, 4.69) is 4.90 Å². The fraction of sp³-hybridized carbons (Fsp3) is 0.692. The van der Waals surface area contributed by atoms with Crippen molar-refractivity contribution in [3.05, 3.63) is 29.8 Å². The second-order valence-corrected chi connectivity index (χ2v) is 8.99. The van der Waals surface area contributed by atoms with Crippen LogP contribution < -0.4 is 4.74 Å². The first-order valence-electron chi connectivity index (χ1n) is 12.5. The first-order chi connectivity index (χ1) is 15.7. The Hall–Kier alpha value is -2.08. The third kappa shape index (κ3) is 6.47. The van der Waals surface area contributed by atoms with Gasteiger partial charge < -0.3 is 19.3 Å². The highest BCUT2D eigenvalue weighted by atomic mass is 16.5. The Morgan fingerprint density at radius 3 is 2.53 bits per heavy atom. The highest BCUT2D eigenvalue weighted by molar-refractivity contribution is 5.97. The van der Waals surface area contributed by atoms with E-state index in [1.165, 1.54) is 0 Å². The SMILES string of the molecule is CCN1CCCCCCCN(C(=O)CCOC)[C@@H]2CCCC[C@@H]2Oc2ccccc2C1=O. The van der Waals surface area contributed by atoms with Crippen LogP contribution in [-0.4, -0.2) is 67.1 Å². The number of carbonyl (C=O) groups is 2. The van der Waals surface area contributed by atoms with E-state index in [0.717, 1.165) is 70.9 Å². The zero-order valence-electron chi connectivity index (χ0n) is 19.9. The van der Waals surface area contributed by atoms with Crippen LogP contribution in [0.15, 0.2) is 24.3 Å². The monoisotopic (exact) mass is 444 g/mol. The smallest absolute Gasteiger partial charge is 0.257 e. The summed E-state index contributed by atoms with van der Waals surface area (Å²) in [5, 5.41) is 0. The first-order valence-corrected chi connectivity index (χ1v) is 12.5. The molecule has 0 spiro atoms. The van der Waals surface area contributed by atoms with Crippen molar-refractivity contribution in [1.29, 1.82) is 0 Å². The Labute approximate surface area is 193 Å². The van der Waals surface area contributed by atoms with E-state index in [9.17, 15) is 9.59 Å². The van der Waals surface area contributed by atoms with E-state index >= 15 is 0 Å². The molecule has 2 aliphatic rings. The molecule has 2 amide bonds. The number of methoxy groups -OCH3 is 1. The Morgan fingerprint density at radius 1 is 1.03 bits per heavy atom. The Morgan fingerprint density at radius 2 is 1.75 bits per heavy atom. The lowest BCUT2D eigenvalue weighted by Crippen LogP contribution is -2.51. The van der Waals surface area contributed by atoms with Crippen LogP contribution in [-0.2, 0) is 9.53 Å². The van der Waals surface area contributed by atoms with Gasteiger partial charge in [0.2, 0.25) is 5.91 Å². The van der Waals surface area contributed by atoms with Crippen molar-refractivity contribution in [3.63, 3.8) is 0 Å². The zero-order valence-corrected chi connectivity index (χ0v) is 19.9. The predicted molar refractivity (Wildman–Crippen MR) is 126 cm³/mol. The summed E-state index contributed by atoms with van der Waals surface area (Å²) in [6.07, 6.45) is 9.69. The summed E-state index contributed by atoms with van der Waals surface area (Å²) < 4.78 is 11.7. The van der Waals surface area contributed by atoms with Gasteiger partial charge in [0.1, 0.15) is 11.9 Å². The molecule has 3 rings (SSSR count). The molecule has 0 N–H and O–H groups in total. The van der Waals surface area contributed by atoms with Crippen LogP contribution in [0.4, 0.5) is 0 Å². The van der Waals surface area contributed by atoms with Crippen molar-refractivity contribution in [1.82, 2.24) is 9.80 Å². The van der Waals surface area contributed by atoms with Crippen molar-refractivity contribution in [2.45, 2.75) is 83.3 Å². The molecule has 1 aromatic rings. The number of benzene rings is 1. The number of para-hydroxylation sites is 1. The minimum Gasteiger partial charge on any atom is -0.487 e. The second-order valence-electron chi connectivity index (χ2n) is 8.99. The average molecular weight is 445 g/mol. The molecule has 32 heavy (non-hydrogen) atoms. The minimum atomic E-state index is -0.0931. The molecule has 1 heterocycles. The number of rotatable bonds is 4. The van der Waals surface area contributed by atoms with Crippen molar-refractivity contribution in [3.8, 4) is 5.75 Å². The van der Waals surface area contributed by atoms with E-state index in [4.69, 9.17) is 9.47 Å². The molecule has 1 aromatic carbocycles. The minimum absolute atomic E-state index is 0.0401. The van der Waals surface area contributed by atoms with E-state index < -0.39 is 0 Å². The van der Waals surface area contributed by atoms with Crippen molar-refractivity contribution in [2.75, 3.05) is 33.4 Å². The lowest BCUT2D eigenvalue weighted by atomic mass is 9.90. The Balaban J connectivity index is 1.90. The molecule has 0 radical (unpaired) electrons. The van der Waals surface area contributed by atoms with Gasteiger partial charge in [0, 0.05) is 26.7 Å². The van der Waals surface area contributed by atoms with Gasteiger partial charge >= 0.3 is 0 Å². The number of fused-ring (bicyclic) bond motifs is 2. The van der Waals surface area contributed by atoms with Crippen LogP contribution in [0.3, 0.4) is 0 Å². The maximum Gasteiger partial charge on any atom is 0.257 e. The van der Waals surface area contributed by atoms with Gasteiger partial charge in [-0.1, -0.05) is 37.8 Å². The van der Waals surface area contributed by atoms with Crippen molar-refractivity contribution < 1.29 is 19.1 Å². The lowest BCUT2D eigenvalue weighted by molar-refractivity contribution is -0.137. The van der Waals surface area contributed by atoms with E-state index in [-0.39, 0.29) is 24.0 Å². The number of nitrogens with zero attached hydrogens (tertiary/aromatic N) is 2. The van der Waals surface area contributed by atoms with E-state index in [1.54, 1.807) is 7.11 Å². The van der Waals surface area contributed by atoms with Gasteiger partial charge in [0.15, 0.2) is 0 Å². The average Bonchev–Trinajstić information content (AvgIpc) is 2.82. The van der Waals surface area contributed by atoms with Gasteiger partial charge in [-0.3, -0.25) is 9.59 Å². The summed E-state index contributed by atoms with van der Waals surface area (Å²) in [7, 11) is 1.64. The fourth-order valence-electron chi connectivity index (χ4n) is 4.98. The maximum atomic E-state index is 13.3. The second kappa shape index (κ2) is 12.8. The van der Waals surface area contributed by atoms with Crippen molar-refractivity contribution >= 4 is 11.8 Å². The molecular weight excluding hydrogens is 404 g/mol. The van der Waals surface area contributed by atoms with Gasteiger partial charge in [-0.25, -0.2) is 0 Å². The van der Waals surface area contributed by atoms with Crippen molar-refractivity contribution in [2.24, 2.45) is 0 Å². The fourth-order valence-corrected chi connectivity index (χ4v) is 4.98. The molecule has 178 valence electrons. The molecule has 2 atom stereocenters. The number of ether oxygens (including phenoxy) is 2. The quantitative estimate of drug-likeness (QED) is 0.677. The number of carbonyl (C=O) groups excluding carboxylic acids is 2. The van der Waals surface area contributed by atoms with Gasteiger partial charge in [-0.15, -0.1) is 0 Å². The standard InChI is InChI=1S/C26H40N2O4/c1-3-27-18-11-5-4-6-12-19-28(25(29)17-20-31-2)22-14-8-10-16-24(22)32-23-15-9-7-13-21(23)26(27)30/h7,9,13,15,22,24H,3-6,8,10-12,14,16-20H2,1-2H3/t22-,24+/m1/s1. The Kier molecular flexibility index (Phi) is 9.85. The first kappa shape index (κ1) is 24.6. The van der Waals surface area contributed by atoms with Gasteiger partial charge in [0.25, 0.3) is 5.91 Å². The molecular formula is C26H40N2O4. The molecule has 0 aromatic heterocycles. The highest BCUT2D eigenvalue weighted by Crippen LogP contribution is 2.31. The molecule has 1 aliphatic carbocycles. The number of hydrogen-bond acceptors (Lipinski definition) is 4. The number of amides is 2. The molecule has 1 saturated carbocycles. The molecule has 6 heteroatoms. The summed E-state index contributed by atoms with van der Waals surface area (Å²) >= 11 is 0. The summed E-state index contributed by atoms with van der Waals surface area (Å²) in [4.78, 5) is 30.4. The summed E-state index contributed by atoms with van der Waals surface area (Å²) in [6, 6.07) is 7.65. The largest absolute Gasteiger partial charge is 0.487 e. The molecule has 0 saturated heterocycles. The van der Waals surface area contributed by atoms with Crippen LogP contribution >= 0.6 is 0 Å². The topological polar surface area (TPSA) is 59.1 Å². The van der Waals surface area contributed by atoms with Gasteiger partial charge in [0.05, 0.1) is 24.6 Å². The van der Waals surface area contributed by atoms with Crippen LogP contribution in [0.5, 0.6) is 5.75 Å². The van der Waals surface area contributed by atoms with Gasteiger partial charge in [-0.05, 0) is 51.2 Å². The van der Waals surface area contributed by atoms with Gasteiger partial charge in [-0.2, -0.15) is 0 Å². The van der Waals surface area contributed by atoms with E-state index in [1.807, 2.05) is 36.1 Å². The molecule has 6 nitrogen and oxygen atoms in total.